The maximum absolute atomic E-state index is 11.9. The Morgan fingerprint density at radius 3 is 2.71 bits per heavy atom. The quantitative estimate of drug-likeness (QED) is 0.641. The average Bonchev–Trinajstić information content (AvgIpc) is 2.89. The van der Waals surface area contributed by atoms with Crippen molar-refractivity contribution in [2.24, 2.45) is 0 Å². The lowest BCUT2D eigenvalue weighted by molar-refractivity contribution is -0.144. The van der Waals surface area contributed by atoms with Crippen LogP contribution in [0.3, 0.4) is 0 Å². The van der Waals surface area contributed by atoms with Crippen LogP contribution in [0, 0.1) is 0 Å². The predicted molar refractivity (Wildman–Crippen MR) is 78.5 cm³/mol. The van der Waals surface area contributed by atoms with Gasteiger partial charge in [0, 0.05) is 5.57 Å². The first kappa shape index (κ1) is 13.4. The summed E-state index contributed by atoms with van der Waals surface area (Å²) >= 11 is 0. The second-order valence-electron chi connectivity index (χ2n) is 4.71. The summed E-state index contributed by atoms with van der Waals surface area (Å²) in [6.07, 6.45) is 0. The minimum atomic E-state index is -0.622. The number of hydrogen-bond acceptors (Lipinski definition) is 4. The molecule has 4 nitrogen and oxygen atoms in total. The zero-order valence-corrected chi connectivity index (χ0v) is 11.6. The molecule has 21 heavy (non-hydrogen) atoms. The molecule has 0 fully saturated rings. The molecule has 106 valence electrons. The maximum Gasteiger partial charge on any atom is 0.346 e. The molecule has 0 aliphatic carbocycles. The van der Waals surface area contributed by atoms with Crippen LogP contribution in [0.15, 0.2) is 48.0 Å². The summed E-state index contributed by atoms with van der Waals surface area (Å²) in [5, 5.41) is 2.15. The molecule has 1 aliphatic rings. The number of benzene rings is 2. The van der Waals surface area contributed by atoms with Gasteiger partial charge in [0.1, 0.15) is 6.61 Å². The van der Waals surface area contributed by atoms with Gasteiger partial charge >= 0.3 is 11.9 Å². The Hall–Kier alpha value is -2.62. The highest BCUT2D eigenvalue weighted by molar-refractivity contribution is 6.22. The van der Waals surface area contributed by atoms with Gasteiger partial charge in [-0.05, 0) is 29.3 Å². The molecule has 1 aliphatic heterocycles. The summed E-state index contributed by atoms with van der Waals surface area (Å²) in [5.74, 6) is -1.24. The molecule has 0 N–H and O–H groups in total. The second kappa shape index (κ2) is 5.40. The summed E-state index contributed by atoms with van der Waals surface area (Å²) in [5.41, 5.74) is 1.40. The molecule has 0 saturated heterocycles. The van der Waals surface area contributed by atoms with Gasteiger partial charge in [-0.2, -0.15) is 0 Å². The highest BCUT2D eigenvalue weighted by Gasteiger charge is 2.32. The van der Waals surface area contributed by atoms with Crippen LogP contribution in [-0.4, -0.2) is 25.2 Å². The van der Waals surface area contributed by atoms with E-state index >= 15 is 0 Å². The first-order chi connectivity index (χ1) is 10.2. The molecule has 0 radical (unpaired) electrons. The number of fused-ring (bicyclic) bond motifs is 1. The van der Waals surface area contributed by atoms with Crippen molar-refractivity contribution in [2.75, 3.05) is 13.2 Å². The summed E-state index contributed by atoms with van der Waals surface area (Å²) in [6.45, 7) is 2.03. The molecule has 0 spiro atoms. The van der Waals surface area contributed by atoms with Crippen LogP contribution < -0.4 is 0 Å². The summed E-state index contributed by atoms with van der Waals surface area (Å²) in [7, 11) is 0. The monoisotopic (exact) mass is 282 g/mol. The Labute approximate surface area is 122 Å². The van der Waals surface area contributed by atoms with Crippen molar-refractivity contribution in [3.8, 4) is 0 Å². The highest BCUT2D eigenvalue weighted by Crippen LogP contribution is 2.29. The third-order valence-corrected chi connectivity index (χ3v) is 3.43. The Kier molecular flexibility index (Phi) is 3.44. The van der Waals surface area contributed by atoms with Gasteiger partial charge in [-0.1, -0.05) is 36.4 Å². The fraction of sp³-hybridized carbons (Fsp3) is 0.176. The van der Waals surface area contributed by atoms with Gasteiger partial charge in [0.25, 0.3) is 0 Å². The van der Waals surface area contributed by atoms with E-state index in [4.69, 9.17) is 9.47 Å². The summed E-state index contributed by atoms with van der Waals surface area (Å²) < 4.78 is 9.94. The number of esters is 2. The number of ether oxygens (including phenoxy) is 2. The highest BCUT2D eigenvalue weighted by atomic mass is 16.6. The van der Waals surface area contributed by atoms with Crippen molar-refractivity contribution < 1.29 is 19.1 Å². The van der Waals surface area contributed by atoms with Gasteiger partial charge < -0.3 is 9.47 Å². The largest absolute Gasteiger partial charge is 0.462 e. The fourth-order valence-corrected chi connectivity index (χ4v) is 2.42. The standard InChI is InChI=1S/C17H14O4/c1-2-20-16(18)15-14(10-21-17(15)19)13-8-7-11-5-3-4-6-12(11)9-13/h3-9H,2,10H2,1H3. The smallest absolute Gasteiger partial charge is 0.346 e. The second-order valence-corrected chi connectivity index (χ2v) is 4.71. The summed E-state index contributed by atoms with van der Waals surface area (Å²) in [6, 6.07) is 13.7. The van der Waals surface area contributed by atoms with Crippen molar-refractivity contribution in [3.63, 3.8) is 0 Å². The third-order valence-electron chi connectivity index (χ3n) is 3.43. The minimum absolute atomic E-state index is 0.00660. The number of hydrogen-bond donors (Lipinski definition) is 0. The van der Waals surface area contributed by atoms with E-state index in [0.717, 1.165) is 16.3 Å². The van der Waals surface area contributed by atoms with E-state index in [1.54, 1.807) is 6.92 Å². The van der Waals surface area contributed by atoms with Crippen molar-refractivity contribution in [1.82, 2.24) is 0 Å². The molecule has 2 aromatic carbocycles. The Morgan fingerprint density at radius 2 is 1.95 bits per heavy atom. The Balaban J connectivity index is 2.10. The molecule has 2 aromatic rings. The van der Waals surface area contributed by atoms with Gasteiger partial charge in [0.15, 0.2) is 5.57 Å². The first-order valence-electron chi connectivity index (χ1n) is 6.77. The van der Waals surface area contributed by atoms with E-state index in [1.807, 2.05) is 42.5 Å². The van der Waals surface area contributed by atoms with E-state index in [9.17, 15) is 9.59 Å². The van der Waals surface area contributed by atoms with Gasteiger partial charge in [-0.15, -0.1) is 0 Å². The van der Waals surface area contributed by atoms with Crippen LogP contribution in [0.4, 0.5) is 0 Å². The lowest BCUT2D eigenvalue weighted by Gasteiger charge is -2.05. The van der Waals surface area contributed by atoms with Crippen LogP contribution in [0.5, 0.6) is 0 Å². The van der Waals surface area contributed by atoms with Gasteiger partial charge in [-0.3, -0.25) is 0 Å². The van der Waals surface area contributed by atoms with E-state index in [-0.39, 0.29) is 18.8 Å². The Morgan fingerprint density at radius 1 is 1.19 bits per heavy atom. The van der Waals surface area contributed by atoms with E-state index in [2.05, 4.69) is 0 Å². The zero-order valence-electron chi connectivity index (χ0n) is 11.6. The molecule has 0 bridgehead atoms. The van der Waals surface area contributed by atoms with Crippen molar-refractivity contribution in [3.05, 3.63) is 53.6 Å². The SMILES string of the molecule is CCOC(=O)C1=C(c2ccc3ccccc3c2)COC1=O. The number of rotatable bonds is 3. The number of carbonyl (C=O) groups is 2. The lowest BCUT2D eigenvalue weighted by atomic mass is 9.99. The van der Waals surface area contributed by atoms with E-state index in [0.29, 0.717) is 5.57 Å². The molecular weight excluding hydrogens is 268 g/mol. The van der Waals surface area contributed by atoms with Gasteiger partial charge in [0.05, 0.1) is 6.61 Å². The van der Waals surface area contributed by atoms with E-state index in [1.165, 1.54) is 0 Å². The normalized spacial score (nSPS) is 14.4. The Bertz CT molecular complexity index is 758. The van der Waals surface area contributed by atoms with Crippen molar-refractivity contribution >= 4 is 28.3 Å². The molecule has 0 unspecified atom stereocenters. The topological polar surface area (TPSA) is 52.6 Å². The molecule has 1 heterocycles. The van der Waals surface area contributed by atoms with Crippen LogP contribution in [0.25, 0.3) is 16.3 Å². The summed E-state index contributed by atoms with van der Waals surface area (Å²) in [4.78, 5) is 23.7. The third kappa shape index (κ3) is 2.40. The fourth-order valence-electron chi connectivity index (χ4n) is 2.42. The zero-order chi connectivity index (χ0) is 14.8. The van der Waals surface area contributed by atoms with Crippen LogP contribution in [0.2, 0.25) is 0 Å². The number of carbonyl (C=O) groups excluding carboxylic acids is 2. The average molecular weight is 282 g/mol. The van der Waals surface area contributed by atoms with Gasteiger partial charge in [0.2, 0.25) is 0 Å². The number of cyclic esters (lactones) is 1. The van der Waals surface area contributed by atoms with Crippen molar-refractivity contribution in [1.29, 1.82) is 0 Å². The van der Waals surface area contributed by atoms with E-state index < -0.39 is 11.9 Å². The molecular formula is C17H14O4. The molecule has 0 saturated carbocycles. The molecule has 3 rings (SSSR count). The molecule has 0 amide bonds. The van der Waals surface area contributed by atoms with Crippen LogP contribution >= 0.6 is 0 Å². The van der Waals surface area contributed by atoms with Crippen molar-refractivity contribution in [2.45, 2.75) is 6.92 Å². The minimum Gasteiger partial charge on any atom is -0.462 e. The lowest BCUT2D eigenvalue weighted by Crippen LogP contribution is -2.14. The predicted octanol–water partition coefficient (Wildman–Crippen LogP) is 2.71. The molecule has 0 atom stereocenters. The molecule has 4 heteroatoms. The van der Waals surface area contributed by atoms with Gasteiger partial charge in [-0.25, -0.2) is 9.59 Å². The van der Waals surface area contributed by atoms with Crippen LogP contribution in [0.1, 0.15) is 12.5 Å². The maximum atomic E-state index is 11.9. The molecule has 0 aromatic heterocycles. The first-order valence-corrected chi connectivity index (χ1v) is 6.77. The van der Waals surface area contributed by atoms with Crippen LogP contribution in [-0.2, 0) is 19.1 Å².